The number of anilines is 2. The first kappa shape index (κ1) is 16.5. The van der Waals surface area contributed by atoms with E-state index in [0.717, 1.165) is 11.3 Å². The van der Waals surface area contributed by atoms with Gasteiger partial charge in [0.2, 0.25) is 0 Å². The molecule has 25 heavy (non-hydrogen) atoms. The molecule has 128 valence electrons. The molecule has 2 aromatic heterocycles. The third-order valence-corrected chi connectivity index (χ3v) is 3.71. The van der Waals surface area contributed by atoms with Crippen LogP contribution in [0.3, 0.4) is 0 Å². The van der Waals surface area contributed by atoms with E-state index < -0.39 is 5.97 Å². The summed E-state index contributed by atoms with van der Waals surface area (Å²) in [5.41, 5.74) is 2.65. The van der Waals surface area contributed by atoms with Crippen LogP contribution in [0.5, 0.6) is 5.75 Å². The predicted molar refractivity (Wildman–Crippen MR) is 93.7 cm³/mol. The van der Waals surface area contributed by atoms with E-state index in [2.05, 4.69) is 15.4 Å². The first-order valence-corrected chi connectivity index (χ1v) is 7.63. The van der Waals surface area contributed by atoms with E-state index >= 15 is 0 Å². The van der Waals surface area contributed by atoms with Gasteiger partial charge in [0.15, 0.2) is 5.82 Å². The second-order valence-corrected chi connectivity index (χ2v) is 5.31. The van der Waals surface area contributed by atoms with Crippen LogP contribution < -0.4 is 10.1 Å². The largest absolute Gasteiger partial charge is 0.494 e. The maximum Gasteiger partial charge on any atom is 0.340 e. The Morgan fingerprint density at radius 2 is 2.00 bits per heavy atom. The molecule has 0 bridgehead atoms. The molecule has 3 rings (SSSR count). The van der Waals surface area contributed by atoms with Crippen molar-refractivity contribution in [2.75, 3.05) is 19.5 Å². The summed E-state index contributed by atoms with van der Waals surface area (Å²) in [6.07, 6.45) is 4.99. The van der Waals surface area contributed by atoms with E-state index in [1.165, 1.54) is 13.3 Å². The summed E-state index contributed by atoms with van der Waals surface area (Å²) in [7, 11) is 2.96. The number of ether oxygens (including phenoxy) is 2. The molecule has 0 aliphatic carbocycles. The average molecular weight is 338 g/mol. The number of nitrogens with zero attached hydrogens (tertiary/aromatic N) is 3. The highest BCUT2D eigenvalue weighted by Gasteiger charge is 2.15. The van der Waals surface area contributed by atoms with E-state index in [-0.39, 0.29) is 0 Å². The predicted octanol–water partition coefficient (Wildman–Crippen LogP) is 3.11. The number of esters is 1. The number of rotatable bonds is 5. The molecule has 0 unspecified atom stereocenters. The Kier molecular flexibility index (Phi) is 4.65. The standard InChI is InChI=1S/C18H18N4O3/c1-12-11-22(15-6-4-5-7-16(15)24-2)21-17(12)20-14-10-19-9-8-13(14)18(23)25-3/h4-11H,1-3H3,(H,20,21). The molecule has 0 aliphatic rings. The van der Waals surface area contributed by atoms with Gasteiger partial charge in [-0.2, -0.15) is 0 Å². The Morgan fingerprint density at radius 3 is 2.76 bits per heavy atom. The maximum absolute atomic E-state index is 11.9. The van der Waals surface area contributed by atoms with E-state index in [1.54, 1.807) is 24.1 Å². The minimum Gasteiger partial charge on any atom is -0.494 e. The molecule has 0 radical (unpaired) electrons. The monoisotopic (exact) mass is 338 g/mol. The lowest BCUT2D eigenvalue weighted by atomic mass is 10.2. The number of hydrogen-bond acceptors (Lipinski definition) is 6. The van der Waals surface area contributed by atoms with Gasteiger partial charge < -0.3 is 14.8 Å². The van der Waals surface area contributed by atoms with Gasteiger partial charge in [-0.1, -0.05) is 12.1 Å². The summed E-state index contributed by atoms with van der Waals surface area (Å²) in [6.45, 7) is 1.93. The van der Waals surface area contributed by atoms with Gasteiger partial charge in [-0.15, -0.1) is 5.10 Å². The molecule has 1 N–H and O–H groups in total. The molecule has 0 saturated carbocycles. The first-order chi connectivity index (χ1) is 12.1. The molecule has 0 aliphatic heterocycles. The van der Waals surface area contributed by atoms with Gasteiger partial charge in [0.05, 0.1) is 31.7 Å². The molecule has 3 aromatic rings. The number of benzene rings is 1. The smallest absolute Gasteiger partial charge is 0.340 e. The lowest BCUT2D eigenvalue weighted by Crippen LogP contribution is -2.07. The highest BCUT2D eigenvalue weighted by atomic mass is 16.5. The number of nitrogens with one attached hydrogen (secondary N) is 1. The van der Waals surface area contributed by atoms with E-state index in [0.29, 0.717) is 22.8 Å². The quantitative estimate of drug-likeness (QED) is 0.720. The molecule has 0 spiro atoms. The van der Waals surface area contributed by atoms with Gasteiger partial charge in [0.1, 0.15) is 11.4 Å². The van der Waals surface area contributed by atoms with Gasteiger partial charge in [-0.05, 0) is 25.1 Å². The number of methoxy groups -OCH3 is 2. The van der Waals surface area contributed by atoms with Crippen molar-refractivity contribution >= 4 is 17.5 Å². The van der Waals surface area contributed by atoms with Crippen molar-refractivity contribution in [1.29, 1.82) is 0 Å². The van der Waals surface area contributed by atoms with Gasteiger partial charge in [0.25, 0.3) is 0 Å². The molecule has 7 nitrogen and oxygen atoms in total. The number of carbonyl (C=O) groups is 1. The van der Waals surface area contributed by atoms with Crippen LogP contribution in [0, 0.1) is 6.92 Å². The molecule has 0 atom stereocenters. The molecule has 0 fully saturated rings. The van der Waals surface area contributed by atoms with Crippen LogP contribution in [-0.4, -0.2) is 35.0 Å². The number of hydrogen-bond donors (Lipinski definition) is 1. The molecule has 2 heterocycles. The summed E-state index contributed by atoms with van der Waals surface area (Å²) in [6, 6.07) is 9.20. The molecule has 0 saturated heterocycles. The first-order valence-electron chi connectivity index (χ1n) is 7.63. The van der Waals surface area contributed by atoms with Crippen LogP contribution in [0.15, 0.2) is 48.9 Å². The third kappa shape index (κ3) is 3.30. The molecular weight excluding hydrogens is 320 g/mol. The average Bonchev–Trinajstić information content (AvgIpc) is 3.02. The Hall–Kier alpha value is -3.35. The van der Waals surface area contributed by atoms with E-state index in [9.17, 15) is 4.79 Å². The fourth-order valence-electron chi connectivity index (χ4n) is 2.44. The van der Waals surface area contributed by atoms with Crippen LogP contribution >= 0.6 is 0 Å². The van der Waals surface area contributed by atoms with Crippen LogP contribution in [0.1, 0.15) is 15.9 Å². The fourth-order valence-corrected chi connectivity index (χ4v) is 2.44. The van der Waals surface area contributed by atoms with Gasteiger partial charge >= 0.3 is 5.97 Å². The second-order valence-electron chi connectivity index (χ2n) is 5.31. The van der Waals surface area contributed by atoms with Gasteiger partial charge in [0, 0.05) is 18.0 Å². The Bertz CT molecular complexity index is 905. The number of aryl methyl sites for hydroxylation is 1. The van der Waals surface area contributed by atoms with Crippen molar-refractivity contribution in [3.8, 4) is 11.4 Å². The Balaban J connectivity index is 1.96. The summed E-state index contributed by atoms with van der Waals surface area (Å²) < 4.78 is 11.9. The minimum atomic E-state index is -0.438. The fraction of sp³-hybridized carbons (Fsp3) is 0.167. The summed E-state index contributed by atoms with van der Waals surface area (Å²) in [4.78, 5) is 15.9. The molecule has 0 amide bonds. The normalized spacial score (nSPS) is 10.4. The zero-order valence-corrected chi connectivity index (χ0v) is 14.2. The van der Waals surface area contributed by atoms with Crippen LogP contribution in [0.2, 0.25) is 0 Å². The molecule has 1 aromatic carbocycles. The van der Waals surface area contributed by atoms with Crippen molar-refractivity contribution in [2.45, 2.75) is 6.92 Å². The molecular formula is C18H18N4O3. The highest BCUT2D eigenvalue weighted by molar-refractivity contribution is 5.96. The van der Waals surface area contributed by atoms with Crippen molar-refractivity contribution in [1.82, 2.24) is 14.8 Å². The van der Waals surface area contributed by atoms with Crippen molar-refractivity contribution in [3.63, 3.8) is 0 Å². The number of carbonyl (C=O) groups excluding carboxylic acids is 1. The van der Waals surface area contributed by atoms with Crippen molar-refractivity contribution in [3.05, 3.63) is 60.0 Å². The number of aromatic nitrogens is 3. The zero-order valence-electron chi connectivity index (χ0n) is 14.2. The SMILES string of the molecule is COC(=O)c1ccncc1Nc1nn(-c2ccccc2OC)cc1C. The third-order valence-electron chi connectivity index (χ3n) is 3.71. The summed E-state index contributed by atoms with van der Waals surface area (Å²) in [5.74, 6) is 0.893. The molecule has 7 heteroatoms. The van der Waals surface area contributed by atoms with E-state index in [4.69, 9.17) is 9.47 Å². The van der Waals surface area contributed by atoms with Gasteiger partial charge in [-0.3, -0.25) is 4.98 Å². The topological polar surface area (TPSA) is 78.3 Å². The van der Waals surface area contributed by atoms with Crippen LogP contribution in [-0.2, 0) is 4.74 Å². The van der Waals surface area contributed by atoms with Crippen molar-refractivity contribution in [2.24, 2.45) is 0 Å². The van der Waals surface area contributed by atoms with E-state index in [1.807, 2.05) is 37.4 Å². The zero-order chi connectivity index (χ0) is 17.8. The Morgan fingerprint density at radius 1 is 1.20 bits per heavy atom. The van der Waals surface area contributed by atoms with Crippen molar-refractivity contribution < 1.29 is 14.3 Å². The minimum absolute atomic E-state index is 0.392. The lowest BCUT2D eigenvalue weighted by molar-refractivity contribution is 0.0602. The number of pyridine rings is 1. The number of para-hydroxylation sites is 2. The van der Waals surface area contributed by atoms with Gasteiger partial charge in [-0.25, -0.2) is 9.48 Å². The maximum atomic E-state index is 11.9. The van der Waals surface area contributed by atoms with Crippen LogP contribution in [0.25, 0.3) is 5.69 Å². The second kappa shape index (κ2) is 7.04. The lowest BCUT2D eigenvalue weighted by Gasteiger charge is -2.09. The summed E-state index contributed by atoms with van der Waals surface area (Å²) >= 11 is 0. The Labute approximate surface area is 145 Å². The summed E-state index contributed by atoms with van der Waals surface area (Å²) in [5, 5.41) is 7.70. The van der Waals surface area contributed by atoms with Crippen LogP contribution in [0.4, 0.5) is 11.5 Å². The highest BCUT2D eigenvalue weighted by Crippen LogP contribution is 2.26.